The Hall–Kier alpha value is -3.77. The maximum absolute atomic E-state index is 14.8. The molecule has 4 aliphatic rings. The third kappa shape index (κ3) is 8.88. The molecule has 1 saturated heterocycles. The highest BCUT2D eigenvalue weighted by Gasteiger charge is 2.51. The molecule has 270 valence electrons. The Bertz CT molecular complexity index is 1360. The Labute approximate surface area is 289 Å². The predicted molar refractivity (Wildman–Crippen MR) is 182 cm³/mol. The van der Waals surface area contributed by atoms with Crippen molar-refractivity contribution in [3.8, 4) is 0 Å². The van der Waals surface area contributed by atoms with Gasteiger partial charge in [0.15, 0.2) is 0 Å². The number of nitrogens with one attached hydrogen (secondary N) is 5. The molecular weight excluding hydrogens is 626 g/mol. The lowest BCUT2D eigenvalue weighted by Gasteiger charge is -2.40. The monoisotopic (exact) mass is 681 g/mol. The fourth-order valence-corrected chi connectivity index (χ4v) is 7.98. The van der Waals surface area contributed by atoms with E-state index in [9.17, 15) is 28.8 Å². The van der Waals surface area contributed by atoms with E-state index in [0.29, 0.717) is 19.3 Å². The lowest BCUT2D eigenvalue weighted by Crippen LogP contribution is -2.63. The van der Waals surface area contributed by atoms with Gasteiger partial charge < -0.3 is 26.2 Å². The number of H-pyrrole nitrogens is 1. The van der Waals surface area contributed by atoms with Gasteiger partial charge in [0.2, 0.25) is 23.5 Å². The van der Waals surface area contributed by atoms with Gasteiger partial charge >= 0.3 is 0 Å². The molecule has 0 bridgehead atoms. The molecule has 2 unspecified atom stereocenters. The van der Waals surface area contributed by atoms with Gasteiger partial charge in [-0.15, -0.1) is 0 Å². The van der Waals surface area contributed by atoms with Crippen molar-refractivity contribution in [3.05, 3.63) is 18.0 Å². The van der Waals surface area contributed by atoms with Crippen LogP contribution in [-0.2, 0) is 24.0 Å². The second kappa shape index (κ2) is 15.8. The Kier molecular flexibility index (Phi) is 11.8. The summed E-state index contributed by atoms with van der Waals surface area (Å²) in [6.45, 7) is 7.53. The molecule has 49 heavy (non-hydrogen) atoms. The summed E-state index contributed by atoms with van der Waals surface area (Å²) in [5.74, 6) is -2.98. The van der Waals surface area contributed by atoms with Crippen molar-refractivity contribution in [2.24, 2.45) is 17.3 Å². The number of amides is 5. The minimum atomic E-state index is -0.983. The second-order valence-electron chi connectivity index (χ2n) is 15.7. The van der Waals surface area contributed by atoms with Gasteiger partial charge in [-0.3, -0.25) is 33.9 Å². The molecule has 5 amide bonds. The molecule has 2 heterocycles. The zero-order valence-corrected chi connectivity index (χ0v) is 29.5. The Balaban J connectivity index is 1.37. The first-order chi connectivity index (χ1) is 23.4. The van der Waals surface area contributed by atoms with Crippen molar-refractivity contribution in [3.63, 3.8) is 0 Å². The molecule has 5 rings (SSSR count). The number of carbonyl (C=O) groups excluding carboxylic acids is 6. The fourth-order valence-electron chi connectivity index (χ4n) is 7.98. The Morgan fingerprint density at radius 3 is 2.24 bits per heavy atom. The lowest BCUT2D eigenvalue weighted by atomic mass is 9.81. The average Bonchev–Trinajstić information content (AvgIpc) is 3.55. The van der Waals surface area contributed by atoms with Gasteiger partial charge in [-0.1, -0.05) is 66.2 Å². The molecule has 3 aliphatic carbocycles. The molecule has 0 radical (unpaired) electrons. The van der Waals surface area contributed by atoms with Crippen LogP contribution in [0.15, 0.2) is 12.3 Å². The smallest absolute Gasteiger partial charge is 0.289 e. The maximum atomic E-state index is 14.8. The quantitative estimate of drug-likeness (QED) is 0.198. The molecule has 0 spiro atoms. The van der Waals surface area contributed by atoms with E-state index in [-0.39, 0.29) is 35.5 Å². The highest BCUT2D eigenvalue weighted by atomic mass is 16.2. The van der Waals surface area contributed by atoms with Crippen LogP contribution in [0.25, 0.3) is 0 Å². The van der Waals surface area contributed by atoms with Crippen LogP contribution in [-0.4, -0.2) is 86.7 Å². The molecule has 1 aromatic heterocycles. The van der Waals surface area contributed by atoms with Crippen molar-refractivity contribution in [2.45, 2.75) is 154 Å². The van der Waals surface area contributed by atoms with Gasteiger partial charge in [0.1, 0.15) is 23.8 Å². The van der Waals surface area contributed by atoms with Crippen LogP contribution in [0.1, 0.15) is 128 Å². The van der Waals surface area contributed by atoms with Crippen LogP contribution in [0.3, 0.4) is 0 Å². The molecular formula is C36H55N7O6. The van der Waals surface area contributed by atoms with E-state index in [2.05, 4.69) is 31.5 Å². The van der Waals surface area contributed by atoms with Gasteiger partial charge in [0.25, 0.3) is 11.8 Å². The van der Waals surface area contributed by atoms with Gasteiger partial charge in [0.05, 0.1) is 6.04 Å². The van der Waals surface area contributed by atoms with Gasteiger partial charge in [-0.05, 0) is 74.7 Å². The summed E-state index contributed by atoms with van der Waals surface area (Å²) in [5, 5.41) is 18.1. The summed E-state index contributed by atoms with van der Waals surface area (Å²) in [5.41, 5.74) is -0.483. The van der Waals surface area contributed by atoms with Crippen LogP contribution >= 0.6 is 0 Å². The summed E-state index contributed by atoms with van der Waals surface area (Å²) < 4.78 is 0. The van der Waals surface area contributed by atoms with E-state index in [1.807, 2.05) is 27.7 Å². The molecule has 3 saturated carbocycles. The molecule has 13 heteroatoms. The summed E-state index contributed by atoms with van der Waals surface area (Å²) in [7, 11) is 0. The summed E-state index contributed by atoms with van der Waals surface area (Å²) in [6.07, 6.45) is 12.6. The molecule has 4 fully saturated rings. The number of nitrogens with zero attached hydrogens (tertiary/aromatic N) is 2. The molecule has 1 aromatic rings. The van der Waals surface area contributed by atoms with E-state index in [4.69, 9.17) is 0 Å². The average molecular weight is 682 g/mol. The standard InChI is InChI=1S/C36H55N7O6/c1-5-11-24(29(44)34(48)38-23-16-17-23)39-32(46)27-20-22-14-9-10-15-26(22)43(27)35(49)30(36(2,3)4)41-33(47)28(21-12-7-6-8-13-21)40-31(45)25-18-19-37-42-25/h18-19,21-24,26-28,30H,5-17,20H2,1-4H3,(H,37,42)(H,38,48)(H,39,46)(H,40,45)(H,41,47)/t22?,24-,26?,27-,28-,30+/m0/s1. The van der Waals surface area contributed by atoms with Gasteiger partial charge in [-0.25, -0.2) is 0 Å². The number of hydrogen-bond donors (Lipinski definition) is 5. The lowest BCUT2D eigenvalue weighted by molar-refractivity contribution is -0.147. The van der Waals surface area contributed by atoms with E-state index in [1.165, 1.54) is 6.20 Å². The number of hydrogen-bond acceptors (Lipinski definition) is 7. The van der Waals surface area contributed by atoms with Crippen LogP contribution in [0.4, 0.5) is 0 Å². The Morgan fingerprint density at radius 2 is 1.61 bits per heavy atom. The third-order valence-electron chi connectivity index (χ3n) is 10.8. The van der Waals surface area contributed by atoms with Crippen LogP contribution in [0.5, 0.6) is 0 Å². The van der Waals surface area contributed by atoms with Gasteiger partial charge in [-0.2, -0.15) is 5.10 Å². The van der Waals surface area contributed by atoms with E-state index in [1.54, 1.807) is 11.0 Å². The number of fused-ring (bicyclic) bond motifs is 1. The van der Waals surface area contributed by atoms with Crippen molar-refractivity contribution in [2.75, 3.05) is 0 Å². The second-order valence-corrected chi connectivity index (χ2v) is 15.7. The van der Waals surface area contributed by atoms with Crippen LogP contribution in [0, 0.1) is 17.3 Å². The number of Topliss-reactive ketones (excluding diaryl/α,β-unsaturated/α-hetero) is 1. The summed E-state index contributed by atoms with van der Waals surface area (Å²) in [6, 6.07) is -2.27. The van der Waals surface area contributed by atoms with Crippen molar-refractivity contribution in [1.82, 2.24) is 36.4 Å². The number of aromatic nitrogens is 2. The zero-order chi connectivity index (χ0) is 35.3. The largest absolute Gasteiger partial charge is 0.347 e. The first kappa shape index (κ1) is 36.5. The van der Waals surface area contributed by atoms with Crippen LogP contribution in [0.2, 0.25) is 0 Å². The highest BCUT2D eigenvalue weighted by Crippen LogP contribution is 2.41. The Morgan fingerprint density at radius 1 is 0.918 bits per heavy atom. The van der Waals surface area contributed by atoms with E-state index in [0.717, 1.165) is 70.6 Å². The minimum Gasteiger partial charge on any atom is -0.347 e. The molecule has 1 aliphatic heterocycles. The summed E-state index contributed by atoms with van der Waals surface area (Å²) in [4.78, 5) is 83.6. The molecule has 0 aromatic carbocycles. The molecule has 13 nitrogen and oxygen atoms in total. The first-order valence-corrected chi connectivity index (χ1v) is 18.5. The number of carbonyl (C=O) groups is 6. The first-order valence-electron chi connectivity index (χ1n) is 18.5. The number of aromatic amines is 1. The maximum Gasteiger partial charge on any atom is 0.289 e. The normalized spacial score (nSPS) is 24.6. The van der Waals surface area contributed by atoms with E-state index >= 15 is 0 Å². The fraction of sp³-hybridized carbons (Fsp3) is 0.750. The predicted octanol–water partition coefficient (Wildman–Crippen LogP) is 2.91. The zero-order valence-electron chi connectivity index (χ0n) is 29.5. The van der Waals surface area contributed by atoms with Crippen molar-refractivity contribution >= 4 is 35.3 Å². The van der Waals surface area contributed by atoms with Crippen molar-refractivity contribution in [1.29, 1.82) is 0 Å². The SMILES string of the molecule is CCC[C@H](NC(=O)[C@@H]1CC2CCCCC2N1C(=O)[C@@H](NC(=O)[C@@H](NC(=O)c1ccn[nH]1)C1CCCCC1)C(C)(C)C)C(=O)C(=O)NC1CC1. The topological polar surface area (TPSA) is 182 Å². The van der Waals surface area contributed by atoms with Crippen molar-refractivity contribution < 1.29 is 28.8 Å². The third-order valence-corrected chi connectivity index (χ3v) is 10.8. The van der Waals surface area contributed by atoms with E-state index < -0.39 is 59.0 Å². The molecule has 6 atom stereocenters. The highest BCUT2D eigenvalue weighted by molar-refractivity contribution is 6.38. The van der Waals surface area contributed by atoms with Crippen LogP contribution < -0.4 is 21.3 Å². The number of ketones is 1. The number of likely N-dealkylation sites (tertiary alicyclic amines) is 1. The minimum absolute atomic E-state index is 0.0153. The summed E-state index contributed by atoms with van der Waals surface area (Å²) >= 11 is 0. The van der Waals surface area contributed by atoms with Gasteiger partial charge in [0, 0.05) is 18.3 Å². The number of rotatable bonds is 13. The molecule has 5 N–H and O–H groups in total.